The predicted octanol–water partition coefficient (Wildman–Crippen LogP) is 2.66. The quantitative estimate of drug-likeness (QED) is 0.636. The highest BCUT2D eigenvalue weighted by Crippen LogP contribution is 2.20. The zero-order valence-corrected chi connectivity index (χ0v) is 10.1. The van der Waals surface area contributed by atoms with Crippen LogP contribution in [0.4, 0.5) is 5.69 Å². The van der Waals surface area contributed by atoms with Crippen LogP contribution in [0.15, 0.2) is 35.7 Å². The molecule has 0 fully saturated rings. The standard InChI is InChI=1S/C10H11ClN4S/c11-8-3-1-2-4-9(8)12-5-6-16-10-13-7-14-15-10/h1-4,7,12H,5-6H2,(H,13,14,15). The number of aromatic amines is 1. The molecule has 2 rings (SSSR count). The number of benzene rings is 1. The van der Waals surface area contributed by atoms with Gasteiger partial charge in [-0.25, -0.2) is 4.98 Å². The van der Waals surface area contributed by atoms with Crippen molar-refractivity contribution in [1.82, 2.24) is 15.2 Å². The van der Waals surface area contributed by atoms with E-state index in [4.69, 9.17) is 11.6 Å². The molecule has 0 radical (unpaired) electrons. The molecule has 84 valence electrons. The van der Waals surface area contributed by atoms with Crippen LogP contribution in [0.25, 0.3) is 0 Å². The van der Waals surface area contributed by atoms with E-state index in [2.05, 4.69) is 20.5 Å². The van der Waals surface area contributed by atoms with E-state index in [-0.39, 0.29) is 0 Å². The van der Waals surface area contributed by atoms with E-state index in [1.165, 1.54) is 6.33 Å². The van der Waals surface area contributed by atoms with E-state index in [0.29, 0.717) is 0 Å². The van der Waals surface area contributed by atoms with Gasteiger partial charge < -0.3 is 5.32 Å². The molecule has 6 heteroatoms. The fourth-order valence-corrected chi connectivity index (χ4v) is 2.04. The summed E-state index contributed by atoms with van der Waals surface area (Å²) in [5.41, 5.74) is 0.960. The van der Waals surface area contributed by atoms with Crippen molar-refractivity contribution in [3.63, 3.8) is 0 Å². The Balaban J connectivity index is 1.74. The van der Waals surface area contributed by atoms with Crippen molar-refractivity contribution >= 4 is 29.1 Å². The lowest BCUT2D eigenvalue weighted by atomic mass is 10.3. The van der Waals surface area contributed by atoms with Crippen LogP contribution in [0.2, 0.25) is 5.02 Å². The normalized spacial score (nSPS) is 10.3. The Morgan fingerprint density at radius 1 is 1.38 bits per heavy atom. The van der Waals surface area contributed by atoms with E-state index in [9.17, 15) is 0 Å². The molecule has 0 spiro atoms. The molecule has 4 nitrogen and oxygen atoms in total. The van der Waals surface area contributed by atoms with Crippen LogP contribution in [-0.4, -0.2) is 27.5 Å². The summed E-state index contributed by atoms with van der Waals surface area (Å²) >= 11 is 7.62. The Hall–Kier alpha value is -1.20. The fraction of sp³-hybridized carbons (Fsp3) is 0.200. The van der Waals surface area contributed by atoms with E-state index < -0.39 is 0 Å². The summed E-state index contributed by atoms with van der Waals surface area (Å²) in [6.07, 6.45) is 1.50. The van der Waals surface area contributed by atoms with Gasteiger partial charge in [0.25, 0.3) is 0 Å². The molecule has 0 bridgehead atoms. The number of para-hydroxylation sites is 1. The maximum absolute atomic E-state index is 6.00. The fourth-order valence-electron chi connectivity index (χ4n) is 1.20. The molecule has 2 aromatic rings. The lowest BCUT2D eigenvalue weighted by Crippen LogP contribution is -2.04. The van der Waals surface area contributed by atoms with Crippen LogP contribution in [0.5, 0.6) is 0 Å². The molecule has 1 aromatic heterocycles. The molecule has 0 saturated heterocycles. The molecule has 0 amide bonds. The van der Waals surface area contributed by atoms with Gasteiger partial charge in [-0.3, -0.25) is 5.10 Å². The maximum Gasteiger partial charge on any atom is 0.183 e. The molecule has 0 atom stereocenters. The number of anilines is 1. The van der Waals surface area contributed by atoms with Crippen molar-refractivity contribution in [2.75, 3.05) is 17.6 Å². The molecule has 0 saturated carbocycles. The Labute approximate surface area is 103 Å². The number of nitrogens with zero attached hydrogens (tertiary/aromatic N) is 2. The minimum absolute atomic E-state index is 0.743. The first-order chi connectivity index (χ1) is 7.86. The number of H-pyrrole nitrogens is 1. The second-order valence-corrected chi connectivity index (χ2v) is 4.54. The van der Waals surface area contributed by atoms with Gasteiger partial charge in [-0.15, -0.1) is 0 Å². The lowest BCUT2D eigenvalue weighted by molar-refractivity contribution is 0.972. The number of halogens is 1. The summed E-state index contributed by atoms with van der Waals surface area (Å²) in [6.45, 7) is 0.828. The first kappa shape index (κ1) is 11.3. The van der Waals surface area contributed by atoms with Crippen molar-refractivity contribution in [1.29, 1.82) is 0 Å². The Kier molecular flexibility index (Phi) is 4.07. The molecular formula is C10H11ClN4S. The van der Waals surface area contributed by atoms with Gasteiger partial charge in [-0.1, -0.05) is 35.5 Å². The number of aromatic nitrogens is 3. The van der Waals surface area contributed by atoms with E-state index in [0.717, 1.165) is 28.2 Å². The van der Waals surface area contributed by atoms with Gasteiger partial charge in [0.15, 0.2) is 5.16 Å². The average Bonchev–Trinajstić information content (AvgIpc) is 2.79. The zero-order valence-electron chi connectivity index (χ0n) is 8.48. The van der Waals surface area contributed by atoms with Crippen molar-refractivity contribution < 1.29 is 0 Å². The third kappa shape index (κ3) is 3.15. The summed E-state index contributed by atoms with van der Waals surface area (Å²) in [6, 6.07) is 7.70. The molecule has 0 aliphatic rings. The molecule has 1 heterocycles. The molecular weight excluding hydrogens is 244 g/mol. The topological polar surface area (TPSA) is 53.6 Å². The number of rotatable bonds is 5. The third-order valence-corrected chi connectivity index (χ3v) is 3.13. The molecule has 2 N–H and O–H groups in total. The summed E-state index contributed by atoms with van der Waals surface area (Å²) in [7, 11) is 0. The maximum atomic E-state index is 6.00. The van der Waals surface area contributed by atoms with Crippen LogP contribution in [0.1, 0.15) is 0 Å². The Morgan fingerprint density at radius 2 is 2.25 bits per heavy atom. The highest BCUT2D eigenvalue weighted by Gasteiger charge is 1.98. The van der Waals surface area contributed by atoms with Gasteiger partial charge in [-0.05, 0) is 12.1 Å². The number of hydrogen-bond donors (Lipinski definition) is 2. The van der Waals surface area contributed by atoms with Crippen LogP contribution in [0.3, 0.4) is 0 Å². The van der Waals surface area contributed by atoms with Gasteiger partial charge in [0, 0.05) is 12.3 Å². The highest BCUT2D eigenvalue weighted by atomic mass is 35.5. The SMILES string of the molecule is Clc1ccccc1NCCSc1ncn[nH]1. The van der Waals surface area contributed by atoms with Crippen LogP contribution >= 0.6 is 23.4 Å². The average molecular weight is 255 g/mol. The first-order valence-corrected chi connectivity index (χ1v) is 6.19. The summed E-state index contributed by atoms with van der Waals surface area (Å²) in [5.74, 6) is 0.903. The second kappa shape index (κ2) is 5.77. The van der Waals surface area contributed by atoms with Crippen LogP contribution < -0.4 is 5.32 Å². The number of nitrogens with one attached hydrogen (secondary N) is 2. The minimum atomic E-state index is 0.743. The predicted molar refractivity (Wildman–Crippen MR) is 67.0 cm³/mol. The molecule has 0 unspecified atom stereocenters. The van der Waals surface area contributed by atoms with Crippen molar-refractivity contribution in [3.8, 4) is 0 Å². The largest absolute Gasteiger partial charge is 0.383 e. The summed E-state index contributed by atoms with van der Waals surface area (Å²) in [5, 5.41) is 11.4. The molecule has 0 aliphatic heterocycles. The summed E-state index contributed by atoms with van der Waals surface area (Å²) < 4.78 is 0. The van der Waals surface area contributed by atoms with E-state index >= 15 is 0 Å². The smallest absolute Gasteiger partial charge is 0.183 e. The van der Waals surface area contributed by atoms with E-state index in [1.807, 2.05) is 24.3 Å². The Bertz CT molecular complexity index is 432. The highest BCUT2D eigenvalue weighted by molar-refractivity contribution is 7.99. The monoisotopic (exact) mass is 254 g/mol. The molecule has 0 aliphatic carbocycles. The molecule has 16 heavy (non-hydrogen) atoms. The third-order valence-electron chi connectivity index (χ3n) is 1.92. The van der Waals surface area contributed by atoms with Crippen LogP contribution in [0, 0.1) is 0 Å². The van der Waals surface area contributed by atoms with Crippen LogP contribution in [-0.2, 0) is 0 Å². The minimum Gasteiger partial charge on any atom is -0.383 e. The summed E-state index contributed by atoms with van der Waals surface area (Å²) in [4.78, 5) is 4.02. The number of thioether (sulfide) groups is 1. The van der Waals surface area contributed by atoms with Crippen molar-refractivity contribution in [2.45, 2.75) is 5.16 Å². The van der Waals surface area contributed by atoms with E-state index in [1.54, 1.807) is 11.8 Å². The first-order valence-electron chi connectivity index (χ1n) is 4.83. The van der Waals surface area contributed by atoms with Gasteiger partial charge in [0.2, 0.25) is 0 Å². The number of hydrogen-bond acceptors (Lipinski definition) is 4. The Morgan fingerprint density at radius 3 is 3.00 bits per heavy atom. The van der Waals surface area contributed by atoms with Gasteiger partial charge in [0.1, 0.15) is 6.33 Å². The zero-order chi connectivity index (χ0) is 11.2. The van der Waals surface area contributed by atoms with Crippen molar-refractivity contribution in [2.24, 2.45) is 0 Å². The lowest BCUT2D eigenvalue weighted by Gasteiger charge is -2.06. The second-order valence-electron chi connectivity index (χ2n) is 3.05. The van der Waals surface area contributed by atoms with Crippen molar-refractivity contribution in [3.05, 3.63) is 35.6 Å². The van der Waals surface area contributed by atoms with Gasteiger partial charge in [0.05, 0.1) is 10.7 Å². The van der Waals surface area contributed by atoms with Gasteiger partial charge >= 0.3 is 0 Å². The molecule has 1 aromatic carbocycles. The van der Waals surface area contributed by atoms with Gasteiger partial charge in [-0.2, -0.15) is 5.10 Å².